The molecule has 0 saturated carbocycles. The van der Waals surface area contributed by atoms with Crippen molar-refractivity contribution >= 4 is 5.91 Å². The molecule has 1 amide bonds. The van der Waals surface area contributed by atoms with Gasteiger partial charge in [-0.2, -0.15) is 0 Å². The van der Waals surface area contributed by atoms with Crippen molar-refractivity contribution < 1.29 is 9.53 Å². The topological polar surface area (TPSA) is 44.8 Å². The number of nitrogens with zero attached hydrogens (tertiary/aromatic N) is 2. The van der Waals surface area contributed by atoms with Gasteiger partial charge in [0.25, 0.3) is 0 Å². The van der Waals surface area contributed by atoms with E-state index in [-0.39, 0.29) is 17.5 Å². The molecule has 2 rings (SSSR count). The van der Waals surface area contributed by atoms with Crippen LogP contribution in [0.4, 0.5) is 0 Å². The third-order valence-corrected chi connectivity index (χ3v) is 5.12. The van der Waals surface area contributed by atoms with Crippen molar-refractivity contribution in [3.05, 3.63) is 35.4 Å². The van der Waals surface area contributed by atoms with Gasteiger partial charge in [0, 0.05) is 25.3 Å². The number of likely N-dealkylation sites (N-methyl/N-ethyl adjacent to an activating group) is 2. The average Bonchev–Trinajstić information content (AvgIpc) is 2.55. The first-order valence-electron chi connectivity index (χ1n) is 8.62. The third-order valence-electron chi connectivity index (χ3n) is 5.12. The van der Waals surface area contributed by atoms with Crippen molar-refractivity contribution in [2.45, 2.75) is 31.3 Å². The highest BCUT2D eigenvalue weighted by Crippen LogP contribution is 2.26. The molecule has 0 radical (unpaired) electrons. The lowest BCUT2D eigenvalue weighted by molar-refractivity contribution is -0.126. The van der Waals surface area contributed by atoms with E-state index in [0.717, 1.165) is 31.6 Å². The molecule has 1 aromatic carbocycles. The zero-order valence-corrected chi connectivity index (χ0v) is 15.6. The maximum absolute atomic E-state index is 12.9. The summed E-state index contributed by atoms with van der Waals surface area (Å²) in [5, 5.41) is 3.19. The van der Waals surface area contributed by atoms with Gasteiger partial charge in [-0.3, -0.25) is 9.69 Å². The molecular formula is C19H31N3O2. The lowest BCUT2D eigenvalue weighted by atomic mass is 9.88. The number of amides is 1. The van der Waals surface area contributed by atoms with Gasteiger partial charge in [0.1, 0.15) is 6.04 Å². The van der Waals surface area contributed by atoms with E-state index in [0.29, 0.717) is 6.54 Å². The fourth-order valence-electron chi connectivity index (χ4n) is 3.31. The van der Waals surface area contributed by atoms with Crippen LogP contribution in [-0.2, 0) is 9.53 Å². The van der Waals surface area contributed by atoms with Crippen LogP contribution in [-0.4, -0.2) is 69.2 Å². The molecule has 134 valence electrons. The van der Waals surface area contributed by atoms with Crippen LogP contribution in [0.1, 0.15) is 30.0 Å². The van der Waals surface area contributed by atoms with Gasteiger partial charge in [-0.15, -0.1) is 0 Å². The summed E-state index contributed by atoms with van der Waals surface area (Å²) < 4.78 is 5.50. The smallest absolute Gasteiger partial charge is 0.242 e. The first-order chi connectivity index (χ1) is 11.4. The number of carbonyl (C=O) groups excluding carboxylic acids is 1. The van der Waals surface area contributed by atoms with Gasteiger partial charge in [-0.1, -0.05) is 29.8 Å². The number of carbonyl (C=O) groups is 1. The van der Waals surface area contributed by atoms with Crippen LogP contribution >= 0.6 is 0 Å². The summed E-state index contributed by atoms with van der Waals surface area (Å²) in [5.74, 6) is 0.0524. The Kier molecular flexibility index (Phi) is 6.38. The van der Waals surface area contributed by atoms with Crippen molar-refractivity contribution in [2.75, 3.05) is 47.9 Å². The van der Waals surface area contributed by atoms with Gasteiger partial charge in [-0.05, 0) is 53.5 Å². The third kappa shape index (κ3) is 4.35. The fraction of sp³-hybridized carbons (Fsp3) is 0.632. The van der Waals surface area contributed by atoms with Crippen LogP contribution in [0.25, 0.3) is 0 Å². The molecular weight excluding hydrogens is 302 g/mol. The van der Waals surface area contributed by atoms with E-state index in [1.807, 2.05) is 31.1 Å². The van der Waals surface area contributed by atoms with Gasteiger partial charge in [-0.25, -0.2) is 0 Å². The second kappa shape index (κ2) is 8.10. The number of rotatable bonds is 6. The van der Waals surface area contributed by atoms with Gasteiger partial charge < -0.3 is 15.0 Å². The Hall–Kier alpha value is -1.43. The molecule has 1 aliphatic heterocycles. The SMILES string of the molecule is Cc1ccc(C(C(=O)NCC2(N(C)C)CCOCC2)N(C)C)cc1. The minimum absolute atomic E-state index is 0.0158. The van der Waals surface area contributed by atoms with Crippen LogP contribution in [0, 0.1) is 6.92 Å². The zero-order valence-electron chi connectivity index (χ0n) is 15.6. The van der Waals surface area contributed by atoms with Crippen molar-refractivity contribution in [1.82, 2.24) is 15.1 Å². The molecule has 5 heteroatoms. The van der Waals surface area contributed by atoms with E-state index in [2.05, 4.69) is 43.4 Å². The van der Waals surface area contributed by atoms with Crippen LogP contribution in [0.2, 0.25) is 0 Å². The Bertz CT molecular complexity index is 534. The minimum atomic E-state index is -0.273. The molecule has 5 nitrogen and oxygen atoms in total. The van der Waals surface area contributed by atoms with Gasteiger partial charge in [0.05, 0.1) is 0 Å². The molecule has 1 N–H and O–H groups in total. The molecule has 1 aromatic rings. The molecule has 1 unspecified atom stereocenters. The molecule has 1 saturated heterocycles. The molecule has 0 spiro atoms. The lowest BCUT2D eigenvalue weighted by Gasteiger charge is -2.43. The van der Waals surface area contributed by atoms with E-state index in [1.165, 1.54) is 5.56 Å². The summed E-state index contributed by atoms with van der Waals surface area (Å²) >= 11 is 0. The highest BCUT2D eigenvalue weighted by molar-refractivity contribution is 5.83. The van der Waals surface area contributed by atoms with Crippen LogP contribution < -0.4 is 5.32 Å². The number of benzene rings is 1. The lowest BCUT2D eigenvalue weighted by Crippen LogP contribution is -2.56. The highest BCUT2D eigenvalue weighted by atomic mass is 16.5. The number of hydrogen-bond acceptors (Lipinski definition) is 4. The number of hydrogen-bond donors (Lipinski definition) is 1. The summed E-state index contributed by atoms with van der Waals surface area (Å²) in [6.45, 7) is 4.21. The van der Waals surface area contributed by atoms with E-state index in [9.17, 15) is 4.79 Å². The molecule has 1 fully saturated rings. The Morgan fingerprint density at radius 2 is 1.75 bits per heavy atom. The van der Waals surface area contributed by atoms with Crippen LogP contribution in [0.3, 0.4) is 0 Å². The fourth-order valence-corrected chi connectivity index (χ4v) is 3.31. The van der Waals surface area contributed by atoms with E-state index in [4.69, 9.17) is 4.74 Å². The van der Waals surface area contributed by atoms with Crippen molar-refractivity contribution in [3.8, 4) is 0 Å². The van der Waals surface area contributed by atoms with E-state index >= 15 is 0 Å². The first kappa shape index (κ1) is 18.9. The van der Waals surface area contributed by atoms with Gasteiger partial charge in [0.2, 0.25) is 5.91 Å². The van der Waals surface area contributed by atoms with Gasteiger partial charge >= 0.3 is 0 Å². The normalized spacial score (nSPS) is 18.6. The standard InChI is InChI=1S/C19H31N3O2/c1-15-6-8-16(9-7-15)17(21(2)3)18(23)20-14-19(22(4)5)10-12-24-13-11-19/h6-9,17H,10-14H2,1-5H3,(H,20,23). The Morgan fingerprint density at radius 1 is 1.17 bits per heavy atom. The number of aryl methyl sites for hydroxylation is 1. The molecule has 1 aliphatic rings. The second-order valence-corrected chi connectivity index (χ2v) is 7.23. The maximum atomic E-state index is 12.9. The summed E-state index contributed by atoms with van der Waals surface area (Å²) in [4.78, 5) is 17.1. The number of nitrogens with one attached hydrogen (secondary N) is 1. The highest BCUT2D eigenvalue weighted by Gasteiger charge is 2.36. The predicted octanol–water partition coefficient (Wildman–Crippen LogP) is 1.82. The molecule has 0 aromatic heterocycles. The minimum Gasteiger partial charge on any atom is -0.381 e. The molecule has 0 bridgehead atoms. The maximum Gasteiger partial charge on any atom is 0.242 e. The average molecular weight is 333 g/mol. The predicted molar refractivity (Wildman–Crippen MR) is 97.1 cm³/mol. The van der Waals surface area contributed by atoms with E-state index in [1.54, 1.807) is 0 Å². The van der Waals surface area contributed by atoms with Crippen molar-refractivity contribution in [1.29, 1.82) is 0 Å². The van der Waals surface area contributed by atoms with Gasteiger partial charge in [0.15, 0.2) is 0 Å². The number of ether oxygens (including phenoxy) is 1. The van der Waals surface area contributed by atoms with Crippen molar-refractivity contribution in [3.63, 3.8) is 0 Å². The molecule has 1 heterocycles. The second-order valence-electron chi connectivity index (χ2n) is 7.23. The molecule has 24 heavy (non-hydrogen) atoms. The largest absolute Gasteiger partial charge is 0.381 e. The van der Waals surface area contributed by atoms with Crippen molar-refractivity contribution in [2.24, 2.45) is 0 Å². The summed E-state index contributed by atoms with van der Waals surface area (Å²) in [6, 6.07) is 7.91. The van der Waals surface area contributed by atoms with E-state index < -0.39 is 0 Å². The Labute approximate surface area is 146 Å². The Morgan fingerprint density at radius 3 is 2.25 bits per heavy atom. The monoisotopic (exact) mass is 333 g/mol. The molecule has 1 atom stereocenters. The van der Waals surface area contributed by atoms with Crippen LogP contribution in [0.5, 0.6) is 0 Å². The first-order valence-corrected chi connectivity index (χ1v) is 8.62. The van der Waals surface area contributed by atoms with Crippen LogP contribution in [0.15, 0.2) is 24.3 Å². The summed E-state index contributed by atoms with van der Waals surface area (Å²) in [5.41, 5.74) is 2.21. The summed E-state index contributed by atoms with van der Waals surface area (Å²) in [7, 11) is 8.06. The molecule has 0 aliphatic carbocycles. The summed E-state index contributed by atoms with van der Waals surface area (Å²) in [6.07, 6.45) is 1.88. The zero-order chi connectivity index (χ0) is 17.7. The quantitative estimate of drug-likeness (QED) is 0.863. The Balaban J connectivity index is 2.09.